The van der Waals surface area contributed by atoms with Crippen molar-refractivity contribution in [2.45, 2.75) is 17.3 Å². The van der Waals surface area contributed by atoms with Crippen LogP contribution in [-0.4, -0.2) is 15.2 Å². The van der Waals surface area contributed by atoms with E-state index in [2.05, 4.69) is 27.3 Å². The van der Waals surface area contributed by atoms with Gasteiger partial charge in [-0.1, -0.05) is 71.4 Å². The second-order valence-corrected chi connectivity index (χ2v) is 6.52. The molecule has 0 amide bonds. The van der Waals surface area contributed by atoms with Crippen LogP contribution in [0.5, 0.6) is 0 Å². The van der Waals surface area contributed by atoms with Crippen molar-refractivity contribution in [3.63, 3.8) is 0 Å². The molecular weight excluding hydrogens is 337 g/mol. The van der Waals surface area contributed by atoms with E-state index >= 15 is 0 Å². The highest BCUT2D eigenvalue weighted by Gasteiger charge is 2.06. The van der Waals surface area contributed by atoms with Crippen molar-refractivity contribution in [3.8, 4) is 0 Å². The lowest BCUT2D eigenvalue weighted by atomic mass is 10.1. The highest BCUT2D eigenvalue weighted by molar-refractivity contribution is 7.98. The number of hydrogen-bond acceptors (Lipinski definition) is 3. The molecule has 22 heavy (non-hydrogen) atoms. The summed E-state index contributed by atoms with van der Waals surface area (Å²) in [5, 5.41) is 9.09. The van der Waals surface area contributed by atoms with Gasteiger partial charge in [-0.2, -0.15) is 0 Å². The van der Waals surface area contributed by atoms with Crippen LogP contribution in [0.3, 0.4) is 0 Å². The van der Waals surface area contributed by atoms with E-state index in [9.17, 15) is 0 Å². The maximum Gasteiger partial charge on any atom is 0.208 e. The molecule has 1 heterocycles. The Morgan fingerprint density at radius 3 is 2.55 bits per heavy atom. The normalized spacial score (nSPS) is 10.8. The summed E-state index contributed by atoms with van der Waals surface area (Å²) in [6.45, 7) is 0. The topological polar surface area (TPSA) is 41.6 Å². The molecule has 112 valence electrons. The zero-order valence-corrected chi connectivity index (χ0v) is 13.9. The third-order valence-electron chi connectivity index (χ3n) is 3.08. The molecule has 0 aliphatic carbocycles. The van der Waals surface area contributed by atoms with E-state index in [4.69, 9.17) is 23.2 Å². The third-order valence-corrected chi connectivity index (χ3v) is 4.74. The van der Waals surface area contributed by atoms with Gasteiger partial charge in [-0.3, -0.25) is 5.10 Å². The standard InChI is InChI=1S/C16H13Cl2N3S/c17-13-7-6-12(8-14(13)18)10-22-16-19-15(20-21-16)9-11-4-2-1-3-5-11/h1-8H,9-10H2,(H,19,20,21). The van der Waals surface area contributed by atoms with Crippen LogP contribution in [0.2, 0.25) is 10.0 Å². The molecule has 0 spiro atoms. The largest absolute Gasteiger partial charge is 0.262 e. The SMILES string of the molecule is Clc1ccc(CSc2n[nH]c(Cc3ccccc3)n2)cc1Cl. The van der Waals surface area contributed by atoms with Crippen LogP contribution in [0.4, 0.5) is 0 Å². The predicted molar refractivity (Wildman–Crippen MR) is 91.7 cm³/mol. The minimum atomic E-state index is 0.568. The highest BCUT2D eigenvalue weighted by atomic mass is 35.5. The summed E-state index contributed by atoms with van der Waals surface area (Å²) in [4.78, 5) is 4.50. The molecule has 3 aromatic rings. The van der Waals surface area contributed by atoms with E-state index in [1.807, 2.05) is 30.3 Å². The molecule has 0 radical (unpaired) electrons. The van der Waals surface area contributed by atoms with Crippen molar-refractivity contribution in [2.24, 2.45) is 0 Å². The fraction of sp³-hybridized carbons (Fsp3) is 0.125. The molecular formula is C16H13Cl2N3S. The van der Waals surface area contributed by atoms with Crippen LogP contribution in [0, 0.1) is 0 Å². The minimum Gasteiger partial charge on any atom is -0.262 e. The Morgan fingerprint density at radius 1 is 0.955 bits per heavy atom. The van der Waals surface area contributed by atoms with E-state index in [0.717, 1.165) is 28.7 Å². The predicted octanol–water partition coefficient (Wildman–Crippen LogP) is 4.99. The van der Waals surface area contributed by atoms with Crippen LogP contribution in [0.1, 0.15) is 17.0 Å². The van der Waals surface area contributed by atoms with Crippen molar-refractivity contribution in [1.82, 2.24) is 15.2 Å². The summed E-state index contributed by atoms with van der Waals surface area (Å²) in [7, 11) is 0. The Bertz CT molecular complexity index is 759. The van der Waals surface area contributed by atoms with Gasteiger partial charge in [-0.15, -0.1) is 5.10 Å². The zero-order valence-electron chi connectivity index (χ0n) is 11.6. The van der Waals surface area contributed by atoms with Gasteiger partial charge in [0, 0.05) is 12.2 Å². The summed E-state index contributed by atoms with van der Waals surface area (Å²) in [6, 6.07) is 15.8. The molecule has 2 aromatic carbocycles. The van der Waals surface area contributed by atoms with Gasteiger partial charge in [0.25, 0.3) is 0 Å². The van der Waals surface area contributed by atoms with Gasteiger partial charge >= 0.3 is 0 Å². The number of aromatic amines is 1. The van der Waals surface area contributed by atoms with E-state index in [1.54, 1.807) is 17.8 Å². The summed E-state index contributed by atoms with van der Waals surface area (Å²) in [6.07, 6.45) is 0.751. The molecule has 0 atom stereocenters. The van der Waals surface area contributed by atoms with E-state index in [1.165, 1.54) is 5.56 Å². The summed E-state index contributed by atoms with van der Waals surface area (Å²) in [5.74, 6) is 1.61. The first-order valence-electron chi connectivity index (χ1n) is 6.72. The van der Waals surface area contributed by atoms with Gasteiger partial charge in [0.05, 0.1) is 10.0 Å². The Kier molecular flexibility index (Phi) is 5.03. The van der Waals surface area contributed by atoms with Crippen LogP contribution in [0.25, 0.3) is 0 Å². The lowest BCUT2D eigenvalue weighted by molar-refractivity contribution is 0.956. The van der Waals surface area contributed by atoms with Crippen molar-refractivity contribution >= 4 is 35.0 Å². The summed E-state index contributed by atoms with van der Waals surface area (Å²) < 4.78 is 0. The summed E-state index contributed by atoms with van der Waals surface area (Å²) >= 11 is 13.5. The molecule has 6 heteroatoms. The van der Waals surface area contributed by atoms with Gasteiger partial charge in [0.1, 0.15) is 5.82 Å². The Balaban J connectivity index is 1.61. The molecule has 1 aromatic heterocycles. The van der Waals surface area contributed by atoms with Gasteiger partial charge < -0.3 is 0 Å². The quantitative estimate of drug-likeness (QED) is 0.659. The van der Waals surface area contributed by atoms with Crippen molar-refractivity contribution in [2.75, 3.05) is 0 Å². The number of nitrogens with zero attached hydrogens (tertiary/aromatic N) is 2. The fourth-order valence-electron chi connectivity index (χ4n) is 1.99. The molecule has 1 N–H and O–H groups in total. The number of H-pyrrole nitrogens is 1. The van der Waals surface area contributed by atoms with Crippen LogP contribution in [0.15, 0.2) is 53.7 Å². The highest BCUT2D eigenvalue weighted by Crippen LogP contribution is 2.26. The lowest BCUT2D eigenvalue weighted by Crippen LogP contribution is -1.90. The number of hydrogen-bond donors (Lipinski definition) is 1. The first-order chi connectivity index (χ1) is 10.7. The van der Waals surface area contributed by atoms with Crippen LogP contribution >= 0.6 is 35.0 Å². The Labute approximate surface area is 143 Å². The molecule has 0 bridgehead atoms. The van der Waals surface area contributed by atoms with Gasteiger partial charge in [-0.25, -0.2) is 4.98 Å². The first kappa shape index (κ1) is 15.4. The monoisotopic (exact) mass is 349 g/mol. The number of aromatic nitrogens is 3. The van der Waals surface area contributed by atoms with Crippen molar-refractivity contribution < 1.29 is 0 Å². The third kappa shape index (κ3) is 4.03. The second-order valence-electron chi connectivity index (χ2n) is 4.76. The molecule has 0 aliphatic rings. The molecule has 3 rings (SSSR count). The average molecular weight is 350 g/mol. The van der Waals surface area contributed by atoms with E-state index in [-0.39, 0.29) is 0 Å². The van der Waals surface area contributed by atoms with Crippen LogP contribution in [-0.2, 0) is 12.2 Å². The van der Waals surface area contributed by atoms with Gasteiger partial charge in [0.2, 0.25) is 5.16 Å². The molecule has 0 saturated carbocycles. The number of thioether (sulfide) groups is 1. The fourth-order valence-corrected chi connectivity index (χ4v) is 3.07. The Hall–Kier alpha value is -1.49. The summed E-state index contributed by atoms with van der Waals surface area (Å²) in [5.41, 5.74) is 2.30. The number of halogens is 2. The van der Waals surface area contributed by atoms with Crippen molar-refractivity contribution in [3.05, 3.63) is 75.5 Å². The molecule has 0 fully saturated rings. The van der Waals surface area contributed by atoms with E-state index < -0.39 is 0 Å². The zero-order chi connectivity index (χ0) is 15.4. The van der Waals surface area contributed by atoms with Gasteiger partial charge in [0.15, 0.2) is 0 Å². The van der Waals surface area contributed by atoms with E-state index in [0.29, 0.717) is 10.0 Å². The van der Waals surface area contributed by atoms with Crippen molar-refractivity contribution in [1.29, 1.82) is 0 Å². The maximum absolute atomic E-state index is 6.01. The molecule has 0 saturated heterocycles. The number of benzene rings is 2. The minimum absolute atomic E-state index is 0.568. The number of nitrogens with one attached hydrogen (secondary N) is 1. The number of rotatable bonds is 5. The van der Waals surface area contributed by atoms with Gasteiger partial charge in [-0.05, 0) is 23.3 Å². The Morgan fingerprint density at radius 2 is 1.77 bits per heavy atom. The lowest BCUT2D eigenvalue weighted by Gasteiger charge is -2.01. The molecule has 0 unspecified atom stereocenters. The maximum atomic E-state index is 6.01. The smallest absolute Gasteiger partial charge is 0.208 e. The molecule has 0 aliphatic heterocycles. The average Bonchev–Trinajstić information content (AvgIpc) is 2.97. The second kappa shape index (κ2) is 7.18. The van der Waals surface area contributed by atoms with Crippen LogP contribution < -0.4 is 0 Å². The first-order valence-corrected chi connectivity index (χ1v) is 8.47. The molecule has 3 nitrogen and oxygen atoms in total.